The van der Waals surface area contributed by atoms with E-state index in [0.29, 0.717) is 5.69 Å². The molecule has 3 N–H and O–H groups in total. The summed E-state index contributed by atoms with van der Waals surface area (Å²) in [5, 5.41) is 26.3. The van der Waals surface area contributed by atoms with E-state index in [0.717, 1.165) is 5.69 Å². The molecule has 3 aromatic heterocycles. The average molecular weight is 400 g/mol. The van der Waals surface area contributed by atoms with Crippen LogP contribution in [0.25, 0.3) is 0 Å². The lowest BCUT2D eigenvalue weighted by Crippen LogP contribution is -2.21. The molecule has 3 heterocycles. The van der Waals surface area contributed by atoms with Crippen molar-refractivity contribution in [2.75, 3.05) is 10.6 Å². The van der Waals surface area contributed by atoms with Gasteiger partial charge in [-0.05, 0) is 6.92 Å². The van der Waals surface area contributed by atoms with Gasteiger partial charge in [0.15, 0.2) is 0 Å². The molecule has 0 saturated heterocycles. The first-order valence-electron chi connectivity index (χ1n) is 8.63. The second kappa shape index (κ2) is 7.96. The molecule has 0 radical (unpaired) electrons. The van der Waals surface area contributed by atoms with Crippen LogP contribution in [0, 0.1) is 6.92 Å². The van der Waals surface area contributed by atoms with Gasteiger partial charge in [0.05, 0.1) is 41.2 Å². The predicted octanol–water partition coefficient (Wildman–Crippen LogP) is 0.638. The SMILES string of the molecule is Cc1c(NC(=O)c2c(NC(=O)CCn3cc(C(=O)O)cn3)cnn2C)cnn1C. The van der Waals surface area contributed by atoms with E-state index < -0.39 is 11.9 Å². The third kappa shape index (κ3) is 4.31. The van der Waals surface area contributed by atoms with Crippen LogP contribution in [-0.2, 0) is 25.4 Å². The van der Waals surface area contributed by atoms with Crippen molar-refractivity contribution in [2.45, 2.75) is 19.9 Å². The van der Waals surface area contributed by atoms with Gasteiger partial charge in [0.1, 0.15) is 5.69 Å². The summed E-state index contributed by atoms with van der Waals surface area (Å²) in [6, 6.07) is 0. The molecule has 0 unspecified atom stereocenters. The highest BCUT2D eigenvalue weighted by Gasteiger charge is 2.20. The lowest BCUT2D eigenvalue weighted by atomic mass is 10.3. The van der Waals surface area contributed by atoms with Crippen molar-refractivity contribution in [1.29, 1.82) is 0 Å². The van der Waals surface area contributed by atoms with Crippen LogP contribution in [0.5, 0.6) is 0 Å². The van der Waals surface area contributed by atoms with Crippen LogP contribution < -0.4 is 10.6 Å². The molecule has 0 aliphatic carbocycles. The monoisotopic (exact) mass is 400 g/mol. The normalized spacial score (nSPS) is 10.7. The maximum absolute atomic E-state index is 12.7. The van der Waals surface area contributed by atoms with Crippen LogP contribution in [0.1, 0.15) is 33.0 Å². The zero-order valence-corrected chi connectivity index (χ0v) is 16.1. The Morgan fingerprint density at radius 1 is 1.00 bits per heavy atom. The topological polar surface area (TPSA) is 149 Å². The van der Waals surface area contributed by atoms with Crippen molar-refractivity contribution in [3.63, 3.8) is 0 Å². The van der Waals surface area contributed by atoms with E-state index in [1.807, 2.05) is 6.92 Å². The Hall–Kier alpha value is -3.96. The quantitative estimate of drug-likeness (QED) is 0.527. The number of aromatic nitrogens is 6. The van der Waals surface area contributed by atoms with Gasteiger partial charge in [-0.25, -0.2) is 4.79 Å². The zero-order chi connectivity index (χ0) is 21.1. The minimum atomic E-state index is -1.09. The molecule has 0 aliphatic rings. The fourth-order valence-electron chi connectivity index (χ4n) is 2.63. The van der Waals surface area contributed by atoms with Crippen LogP contribution in [-0.4, -0.2) is 52.2 Å². The highest BCUT2D eigenvalue weighted by Crippen LogP contribution is 2.19. The van der Waals surface area contributed by atoms with Crippen LogP contribution in [0.15, 0.2) is 24.8 Å². The van der Waals surface area contributed by atoms with Crippen molar-refractivity contribution >= 4 is 29.2 Å². The first-order valence-corrected chi connectivity index (χ1v) is 8.63. The van der Waals surface area contributed by atoms with Gasteiger partial charge in [-0.2, -0.15) is 15.3 Å². The molecule has 12 heteroatoms. The number of aryl methyl sites for hydroxylation is 3. The number of anilines is 2. The molecular weight excluding hydrogens is 380 g/mol. The molecule has 0 fully saturated rings. The molecule has 0 aromatic carbocycles. The summed E-state index contributed by atoms with van der Waals surface area (Å²) >= 11 is 0. The molecule has 0 spiro atoms. The Morgan fingerprint density at radius 3 is 2.31 bits per heavy atom. The molecule has 3 aromatic rings. The number of rotatable bonds is 7. The third-order valence-corrected chi connectivity index (χ3v) is 4.36. The van der Waals surface area contributed by atoms with Crippen LogP contribution >= 0.6 is 0 Å². The van der Waals surface area contributed by atoms with Crippen molar-refractivity contribution in [1.82, 2.24) is 29.3 Å². The summed E-state index contributed by atoms with van der Waals surface area (Å²) in [7, 11) is 3.36. The number of amides is 2. The molecule has 29 heavy (non-hydrogen) atoms. The number of carboxylic acids is 1. The molecule has 0 bridgehead atoms. The molecule has 0 aliphatic heterocycles. The van der Waals surface area contributed by atoms with E-state index in [1.54, 1.807) is 18.8 Å². The van der Waals surface area contributed by atoms with E-state index in [2.05, 4.69) is 25.9 Å². The number of nitrogens with zero attached hydrogens (tertiary/aromatic N) is 6. The van der Waals surface area contributed by atoms with E-state index in [-0.39, 0.29) is 35.8 Å². The minimum absolute atomic E-state index is 0.0401. The standard InChI is InChI=1S/C17H20N8O4/c1-10-12(7-18-23(10)2)22-16(27)15-13(8-19-24(15)3)21-14(26)4-5-25-9-11(6-20-25)17(28)29/h6-9H,4-5H2,1-3H3,(H,21,26)(H,22,27)(H,28,29). The van der Waals surface area contributed by atoms with Crippen molar-refractivity contribution < 1.29 is 19.5 Å². The number of nitrogens with one attached hydrogen (secondary N) is 2. The third-order valence-electron chi connectivity index (χ3n) is 4.36. The van der Waals surface area contributed by atoms with E-state index >= 15 is 0 Å². The van der Waals surface area contributed by atoms with Gasteiger partial charge in [0, 0.05) is 33.3 Å². The number of carbonyl (C=O) groups excluding carboxylic acids is 2. The summed E-state index contributed by atoms with van der Waals surface area (Å²) in [5.74, 6) is -1.89. The van der Waals surface area contributed by atoms with E-state index in [4.69, 9.17) is 5.11 Å². The smallest absolute Gasteiger partial charge is 0.338 e. The highest BCUT2D eigenvalue weighted by atomic mass is 16.4. The van der Waals surface area contributed by atoms with Gasteiger partial charge < -0.3 is 15.7 Å². The largest absolute Gasteiger partial charge is 0.478 e. The fraction of sp³-hybridized carbons (Fsp3) is 0.294. The number of hydrogen-bond acceptors (Lipinski definition) is 6. The molecule has 3 rings (SSSR count). The molecule has 12 nitrogen and oxygen atoms in total. The van der Waals surface area contributed by atoms with Crippen LogP contribution in [0.4, 0.5) is 11.4 Å². The van der Waals surface area contributed by atoms with Crippen LogP contribution in [0.3, 0.4) is 0 Å². The fourth-order valence-corrected chi connectivity index (χ4v) is 2.63. The second-order valence-corrected chi connectivity index (χ2v) is 6.35. The van der Waals surface area contributed by atoms with Crippen LogP contribution in [0.2, 0.25) is 0 Å². The zero-order valence-electron chi connectivity index (χ0n) is 16.1. The Balaban J connectivity index is 1.65. The second-order valence-electron chi connectivity index (χ2n) is 6.35. The number of hydrogen-bond donors (Lipinski definition) is 3. The van der Waals surface area contributed by atoms with Gasteiger partial charge in [-0.15, -0.1) is 0 Å². The maximum Gasteiger partial charge on any atom is 0.338 e. The van der Waals surface area contributed by atoms with E-state index in [9.17, 15) is 14.4 Å². The van der Waals surface area contributed by atoms with Gasteiger partial charge in [0.25, 0.3) is 5.91 Å². The van der Waals surface area contributed by atoms with E-state index in [1.165, 1.54) is 34.2 Å². The number of carboxylic acid groups (broad SMARTS) is 1. The Kier molecular flexibility index (Phi) is 5.43. The van der Waals surface area contributed by atoms with Gasteiger partial charge >= 0.3 is 5.97 Å². The minimum Gasteiger partial charge on any atom is -0.478 e. The highest BCUT2D eigenvalue weighted by molar-refractivity contribution is 6.09. The van der Waals surface area contributed by atoms with Crippen molar-refractivity contribution in [3.05, 3.63) is 41.7 Å². The van der Waals surface area contributed by atoms with Crippen molar-refractivity contribution in [3.8, 4) is 0 Å². The number of carbonyl (C=O) groups is 3. The first-order chi connectivity index (χ1) is 13.8. The molecule has 0 saturated carbocycles. The Morgan fingerprint density at radius 2 is 1.69 bits per heavy atom. The first kappa shape index (κ1) is 19.8. The lowest BCUT2D eigenvalue weighted by Gasteiger charge is -2.09. The maximum atomic E-state index is 12.7. The summed E-state index contributed by atoms with van der Waals surface area (Å²) in [6.07, 6.45) is 5.52. The van der Waals surface area contributed by atoms with Gasteiger partial charge in [-0.3, -0.25) is 23.6 Å². The Labute approximate surface area is 165 Å². The summed E-state index contributed by atoms with van der Waals surface area (Å²) in [4.78, 5) is 35.8. The van der Waals surface area contributed by atoms with Gasteiger partial charge in [0.2, 0.25) is 5.91 Å². The predicted molar refractivity (Wildman–Crippen MR) is 102 cm³/mol. The molecule has 2 amide bonds. The average Bonchev–Trinajstić information content (AvgIpc) is 3.36. The Bertz CT molecular complexity index is 1080. The lowest BCUT2D eigenvalue weighted by molar-refractivity contribution is -0.116. The number of aromatic carboxylic acids is 1. The summed E-state index contributed by atoms with van der Waals surface area (Å²) in [5.41, 5.74) is 1.84. The van der Waals surface area contributed by atoms with Crippen molar-refractivity contribution in [2.24, 2.45) is 14.1 Å². The van der Waals surface area contributed by atoms with Gasteiger partial charge in [-0.1, -0.05) is 0 Å². The summed E-state index contributed by atoms with van der Waals surface area (Å²) in [6.45, 7) is 2.01. The molecular formula is C17H20N8O4. The molecule has 0 atom stereocenters. The summed E-state index contributed by atoms with van der Waals surface area (Å²) < 4.78 is 4.36. The molecule has 152 valence electrons.